The van der Waals surface area contributed by atoms with Crippen molar-refractivity contribution in [3.63, 3.8) is 0 Å². The van der Waals surface area contributed by atoms with Crippen LogP contribution in [0.3, 0.4) is 0 Å². The Labute approximate surface area is 173 Å². The van der Waals surface area contributed by atoms with Crippen molar-refractivity contribution in [3.8, 4) is 0 Å². The van der Waals surface area contributed by atoms with Crippen molar-refractivity contribution in [3.05, 3.63) is 64.7 Å². The molecule has 1 heterocycles. The number of benzene rings is 2. The molecule has 0 radical (unpaired) electrons. The van der Waals surface area contributed by atoms with Gasteiger partial charge in [-0.2, -0.15) is 0 Å². The first kappa shape index (κ1) is 20.3. The van der Waals surface area contributed by atoms with E-state index >= 15 is 0 Å². The third kappa shape index (κ3) is 5.32. The Balaban J connectivity index is 1.90. The first-order valence-electron chi connectivity index (χ1n) is 8.79. The monoisotopic (exact) mass is 420 g/mol. The van der Waals surface area contributed by atoms with Crippen LogP contribution in [-0.4, -0.2) is 55.1 Å². The lowest BCUT2D eigenvalue weighted by Gasteiger charge is -2.28. The summed E-state index contributed by atoms with van der Waals surface area (Å²) in [6.45, 7) is 1.62. The van der Waals surface area contributed by atoms with E-state index in [-0.39, 0.29) is 0 Å². The summed E-state index contributed by atoms with van der Waals surface area (Å²) in [6.07, 6.45) is 6.89. The predicted octanol–water partition coefficient (Wildman–Crippen LogP) is 4.99. The SMILES string of the molecule is CS(C)(C)CCOCN1C(=S)CN=C(c2ccccc2)c2cc(Cl)ccc21. The second kappa shape index (κ2) is 8.74. The molecule has 0 fully saturated rings. The average molecular weight is 421 g/mol. The minimum atomic E-state index is -0.575. The fraction of sp³-hybridized carbons (Fsp3) is 0.333. The van der Waals surface area contributed by atoms with Crippen LogP contribution >= 0.6 is 33.8 Å². The Bertz CT molecular complexity index is 847. The Hall–Kier alpha value is -1.40. The molecule has 6 heteroatoms. The van der Waals surface area contributed by atoms with Crippen LogP contribution in [0.15, 0.2) is 53.5 Å². The highest BCUT2D eigenvalue weighted by molar-refractivity contribution is 8.32. The molecule has 0 saturated heterocycles. The molecule has 0 aromatic heterocycles. The maximum atomic E-state index is 6.31. The van der Waals surface area contributed by atoms with Crippen molar-refractivity contribution in [2.75, 3.05) is 49.3 Å². The van der Waals surface area contributed by atoms with Crippen LogP contribution < -0.4 is 4.90 Å². The molecule has 1 aliphatic heterocycles. The molecule has 0 aliphatic carbocycles. The number of hydrogen-bond acceptors (Lipinski definition) is 3. The van der Waals surface area contributed by atoms with Gasteiger partial charge in [0, 0.05) is 21.9 Å². The number of hydrogen-bond donors (Lipinski definition) is 0. The van der Waals surface area contributed by atoms with Gasteiger partial charge in [-0.15, -0.1) is 0 Å². The molecular weight excluding hydrogens is 396 g/mol. The van der Waals surface area contributed by atoms with Crippen molar-refractivity contribution in [2.45, 2.75) is 0 Å². The van der Waals surface area contributed by atoms with E-state index in [2.05, 4.69) is 30.9 Å². The van der Waals surface area contributed by atoms with Crippen LogP contribution in [0.4, 0.5) is 5.69 Å². The highest BCUT2D eigenvalue weighted by Gasteiger charge is 2.23. The van der Waals surface area contributed by atoms with Crippen LogP contribution in [0.1, 0.15) is 11.1 Å². The average Bonchev–Trinajstić information content (AvgIpc) is 2.75. The molecule has 3 rings (SSSR count). The zero-order valence-corrected chi connectivity index (χ0v) is 18.3. The van der Waals surface area contributed by atoms with Crippen LogP contribution in [-0.2, 0) is 4.74 Å². The quantitative estimate of drug-likeness (QED) is 0.486. The number of fused-ring (bicyclic) bond motifs is 1. The largest absolute Gasteiger partial charge is 0.360 e. The molecule has 144 valence electrons. The highest BCUT2D eigenvalue weighted by atomic mass is 35.5. The van der Waals surface area contributed by atoms with Gasteiger partial charge < -0.3 is 9.64 Å². The van der Waals surface area contributed by atoms with Gasteiger partial charge in [0.05, 0.1) is 24.6 Å². The van der Waals surface area contributed by atoms with Crippen LogP contribution in [0.5, 0.6) is 0 Å². The molecule has 27 heavy (non-hydrogen) atoms. The van der Waals surface area contributed by atoms with Gasteiger partial charge in [0.25, 0.3) is 0 Å². The number of rotatable bonds is 6. The Morgan fingerprint density at radius 3 is 2.59 bits per heavy atom. The van der Waals surface area contributed by atoms with Crippen LogP contribution in [0, 0.1) is 0 Å². The summed E-state index contributed by atoms with van der Waals surface area (Å²) in [6, 6.07) is 16.0. The molecule has 2 aromatic rings. The van der Waals surface area contributed by atoms with E-state index in [1.54, 1.807) is 0 Å². The molecule has 0 bridgehead atoms. The van der Waals surface area contributed by atoms with Gasteiger partial charge in [0.15, 0.2) is 0 Å². The minimum Gasteiger partial charge on any atom is -0.360 e. The fourth-order valence-corrected chi connectivity index (χ4v) is 3.84. The number of anilines is 1. The first-order chi connectivity index (χ1) is 12.8. The summed E-state index contributed by atoms with van der Waals surface area (Å²) < 4.78 is 5.98. The lowest BCUT2D eigenvalue weighted by molar-refractivity contribution is 0.158. The molecule has 0 amide bonds. The second-order valence-electron chi connectivity index (χ2n) is 7.35. The minimum absolute atomic E-state index is 0.431. The van der Waals surface area contributed by atoms with E-state index < -0.39 is 10.0 Å². The van der Waals surface area contributed by atoms with Crippen LogP contribution in [0.2, 0.25) is 5.02 Å². The van der Waals surface area contributed by atoms with Crippen molar-refractivity contribution >= 4 is 50.2 Å². The summed E-state index contributed by atoms with van der Waals surface area (Å²) >= 11 is 12.0. The van der Waals surface area contributed by atoms with E-state index in [1.165, 1.54) is 0 Å². The van der Waals surface area contributed by atoms with E-state index in [1.807, 2.05) is 41.3 Å². The summed E-state index contributed by atoms with van der Waals surface area (Å²) in [4.78, 5) is 7.60. The number of aliphatic imine (C=N–C) groups is 1. The topological polar surface area (TPSA) is 24.8 Å². The summed E-state index contributed by atoms with van der Waals surface area (Å²) in [5.74, 6) is 1.08. The number of benzodiazepines with no additional fused rings is 1. The van der Waals surface area contributed by atoms with E-state index in [4.69, 9.17) is 33.5 Å². The van der Waals surface area contributed by atoms with E-state index in [0.29, 0.717) is 18.3 Å². The first-order valence-corrected chi connectivity index (χ1v) is 12.6. The normalized spacial score (nSPS) is 15.2. The number of nitrogens with zero attached hydrogens (tertiary/aromatic N) is 2. The van der Waals surface area contributed by atoms with Gasteiger partial charge in [-0.1, -0.05) is 54.2 Å². The second-order valence-corrected chi connectivity index (χ2v) is 12.8. The van der Waals surface area contributed by atoms with Gasteiger partial charge >= 0.3 is 0 Å². The molecule has 0 N–H and O–H groups in total. The molecule has 0 unspecified atom stereocenters. The zero-order valence-electron chi connectivity index (χ0n) is 15.9. The summed E-state index contributed by atoms with van der Waals surface area (Å²) in [5.41, 5.74) is 3.95. The molecular formula is C21H25ClN2OS2. The molecule has 3 nitrogen and oxygen atoms in total. The van der Waals surface area contributed by atoms with Crippen LogP contribution in [0.25, 0.3) is 0 Å². The van der Waals surface area contributed by atoms with Crippen molar-refractivity contribution in [2.24, 2.45) is 4.99 Å². The summed E-state index contributed by atoms with van der Waals surface area (Å²) in [7, 11) is -0.575. The van der Waals surface area contributed by atoms with Crippen molar-refractivity contribution in [1.82, 2.24) is 0 Å². The smallest absolute Gasteiger partial charge is 0.123 e. The molecule has 0 saturated carbocycles. The highest BCUT2D eigenvalue weighted by Crippen LogP contribution is 2.34. The Morgan fingerprint density at radius 1 is 1.15 bits per heavy atom. The molecule has 0 atom stereocenters. The fourth-order valence-electron chi connectivity index (χ4n) is 2.83. The van der Waals surface area contributed by atoms with E-state index in [0.717, 1.165) is 39.9 Å². The predicted molar refractivity (Wildman–Crippen MR) is 125 cm³/mol. The lowest BCUT2D eigenvalue weighted by Crippen LogP contribution is -2.34. The van der Waals surface area contributed by atoms with E-state index in [9.17, 15) is 0 Å². The third-order valence-corrected chi connectivity index (χ3v) is 6.26. The number of thiocarbonyl (C=S) groups is 1. The maximum Gasteiger partial charge on any atom is 0.123 e. The molecule has 2 aromatic carbocycles. The van der Waals surface area contributed by atoms with Crippen molar-refractivity contribution in [1.29, 1.82) is 0 Å². The van der Waals surface area contributed by atoms with Gasteiger partial charge in [0.2, 0.25) is 0 Å². The Morgan fingerprint density at radius 2 is 1.89 bits per heavy atom. The number of halogens is 1. The Kier molecular flexibility index (Phi) is 6.58. The number of ether oxygens (including phenoxy) is 1. The molecule has 1 aliphatic rings. The third-order valence-electron chi connectivity index (χ3n) is 4.29. The maximum absolute atomic E-state index is 6.31. The van der Waals surface area contributed by atoms with Gasteiger partial charge in [-0.25, -0.2) is 10.0 Å². The van der Waals surface area contributed by atoms with Gasteiger partial charge in [-0.05, 0) is 37.0 Å². The van der Waals surface area contributed by atoms with Crippen molar-refractivity contribution < 1.29 is 4.74 Å². The summed E-state index contributed by atoms with van der Waals surface area (Å²) in [5, 5.41) is 0.683. The van der Waals surface area contributed by atoms with Gasteiger partial charge in [-0.3, -0.25) is 4.99 Å². The zero-order chi connectivity index (χ0) is 19.4. The standard InChI is InChI=1S/C21H25ClN2OS2/c1-27(2,3)12-11-25-15-24-19-10-9-17(22)13-18(19)21(23-14-20(24)26)16-7-5-4-6-8-16/h4-10,13H,11-12,14-15H2,1-3H3. The lowest BCUT2D eigenvalue weighted by atomic mass is 10.0. The van der Waals surface area contributed by atoms with Gasteiger partial charge in [0.1, 0.15) is 11.7 Å². The molecule has 0 spiro atoms.